The number of sulfonamides is 1. The molecule has 2 N–H and O–H groups in total. The number of carbonyl (C=O) groups excluding carboxylic acids is 1. The lowest BCUT2D eigenvalue weighted by Gasteiger charge is -2.13. The molecule has 0 saturated heterocycles. The van der Waals surface area contributed by atoms with E-state index in [1.165, 1.54) is 7.05 Å². The number of anilines is 1. The van der Waals surface area contributed by atoms with Gasteiger partial charge in [0.05, 0.1) is 18.3 Å². The quantitative estimate of drug-likeness (QED) is 0.528. The maximum atomic E-state index is 13.5. The highest BCUT2D eigenvalue weighted by molar-refractivity contribution is 7.90. The molecule has 0 fully saturated rings. The Morgan fingerprint density at radius 2 is 2.06 bits per heavy atom. The number of aromatic nitrogens is 1. The molecule has 1 unspecified atom stereocenters. The molecular weight excluding hydrogens is 439 g/mol. The van der Waals surface area contributed by atoms with Crippen LogP contribution < -0.4 is 10.1 Å². The molecule has 0 aliphatic rings. The second-order valence-electron chi connectivity index (χ2n) is 6.58. The molecule has 1 atom stereocenters. The lowest BCUT2D eigenvalue weighted by atomic mass is 10.2. The van der Waals surface area contributed by atoms with E-state index in [0.29, 0.717) is 6.42 Å². The van der Waals surface area contributed by atoms with Crippen LogP contribution in [0.5, 0.6) is 5.75 Å². The van der Waals surface area contributed by atoms with Crippen LogP contribution in [0.1, 0.15) is 42.2 Å². The van der Waals surface area contributed by atoms with Gasteiger partial charge in [0.15, 0.2) is 11.4 Å². The second-order valence-corrected chi connectivity index (χ2v) is 8.22. The van der Waals surface area contributed by atoms with E-state index in [1.807, 2.05) is 0 Å². The van der Waals surface area contributed by atoms with E-state index in [1.54, 1.807) is 6.92 Å². The van der Waals surface area contributed by atoms with Gasteiger partial charge in [-0.1, -0.05) is 6.92 Å². The monoisotopic (exact) mass is 461 g/mol. The van der Waals surface area contributed by atoms with E-state index in [0.717, 1.165) is 29.0 Å². The molecule has 2 aromatic rings. The highest BCUT2D eigenvalue weighted by atomic mass is 32.2. The van der Waals surface area contributed by atoms with Crippen molar-refractivity contribution in [2.75, 3.05) is 11.9 Å². The topological polar surface area (TPSA) is 110 Å². The molecule has 0 aliphatic heterocycles. The van der Waals surface area contributed by atoms with E-state index >= 15 is 0 Å². The molecule has 31 heavy (non-hydrogen) atoms. The minimum absolute atomic E-state index is 0.106. The molecule has 8 nitrogen and oxygen atoms in total. The van der Waals surface area contributed by atoms with Crippen LogP contribution >= 0.6 is 0 Å². The van der Waals surface area contributed by atoms with Gasteiger partial charge < -0.3 is 19.7 Å². The number of carbonyl (C=O) groups is 1. The van der Waals surface area contributed by atoms with Crippen molar-refractivity contribution in [3.63, 3.8) is 0 Å². The van der Waals surface area contributed by atoms with Gasteiger partial charge in [-0.3, -0.25) is 4.79 Å². The van der Waals surface area contributed by atoms with Crippen molar-refractivity contribution in [3.8, 4) is 5.75 Å². The van der Waals surface area contributed by atoms with Crippen LogP contribution in [-0.4, -0.2) is 43.4 Å². The summed E-state index contributed by atoms with van der Waals surface area (Å²) in [6.45, 7) is 4.65. The molecule has 0 bridgehead atoms. The van der Waals surface area contributed by atoms with Gasteiger partial charge in [-0.15, -0.1) is 0 Å². The number of aliphatic hydroxyl groups is 1. The van der Waals surface area contributed by atoms with Crippen molar-refractivity contribution in [1.29, 1.82) is 0 Å². The summed E-state index contributed by atoms with van der Waals surface area (Å²) in [6.07, 6.45) is -2.07. The lowest BCUT2D eigenvalue weighted by molar-refractivity contribution is 0.101. The van der Waals surface area contributed by atoms with Crippen LogP contribution in [0.3, 0.4) is 0 Å². The summed E-state index contributed by atoms with van der Waals surface area (Å²) in [6, 6.07) is 2.65. The summed E-state index contributed by atoms with van der Waals surface area (Å²) in [7, 11) is -2.86. The fourth-order valence-corrected chi connectivity index (χ4v) is 3.53. The van der Waals surface area contributed by atoms with E-state index < -0.39 is 44.7 Å². The molecule has 0 aliphatic carbocycles. The first-order valence-electron chi connectivity index (χ1n) is 9.13. The van der Waals surface area contributed by atoms with Crippen molar-refractivity contribution < 1.29 is 36.2 Å². The third-order valence-corrected chi connectivity index (χ3v) is 5.61. The van der Waals surface area contributed by atoms with Crippen LogP contribution in [0.15, 0.2) is 33.7 Å². The second kappa shape index (κ2) is 9.96. The number of halogens is 3. The molecule has 1 aromatic carbocycles. The Hall–Kier alpha value is -2.86. The molecular formula is C19H22F3N3O5S. The summed E-state index contributed by atoms with van der Waals surface area (Å²) in [5.41, 5.74) is -1.26. The number of alkyl halides is 2. The SMILES string of the molecule is C=NS(=O)(=O)c1cn(C)c(C(=O)Nc2ccc(F)c(C(F)F)c2)c1OCCC(O)CC. The number of hydrogen-bond acceptors (Lipinski definition) is 5. The zero-order valence-corrected chi connectivity index (χ0v) is 17.6. The summed E-state index contributed by atoms with van der Waals surface area (Å²) < 4.78 is 73.6. The summed E-state index contributed by atoms with van der Waals surface area (Å²) in [5, 5.41) is 12.0. The summed E-state index contributed by atoms with van der Waals surface area (Å²) >= 11 is 0. The number of nitrogens with one attached hydrogen (secondary N) is 1. The smallest absolute Gasteiger partial charge is 0.286 e. The number of amides is 1. The summed E-state index contributed by atoms with van der Waals surface area (Å²) in [4.78, 5) is 12.4. The average Bonchev–Trinajstić information content (AvgIpc) is 3.06. The molecule has 1 aromatic heterocycles. The van der Waals surface area contributed by atoms with Gasteiger partial charge in [0.25, 0.3) is 22.4 Å². The zero-order valence-electron chi connectivity index (χ0n) is 16.8. The number of ether oxygens (including phenoxy) is 1. The van der Waals surface area contributed by atoms with Crippen LogP contribution in [-0.2, 0) is 17.1 Å². The Morgan fingerprint density at radius 1 is 1.39 bits per heavy atom. The number of nitrogens with zero attached hydrogens (tertiary/aromatic N) is 2. The molecule has 1 heterocycles. The molecule has 2 rings (SSSR count). The minimum atomic E-state index is -4.24. The normalized spacial score (nSPS) is 12.6. The number of rotatable bonds is 10. The van der Waals surface area contributed by atoms with Gasteiger partial charge in [-0.25, -0.2) is 13.2 Å². The van der Waals surface area contributed by atoms with Crippen LogP contribution in [0, 0.1) is 5.82 Å². The van der Waals surface area contributed by atoms with E-state index in [4.69, 9.17) is 4.74 Å². The number of hydrogen-bond donors (Lipinski definition) is 2. The van der Waals surface area contributed by atoms with Crippen molar-refractivity contribution in [2.24, 2.45) is 11.4 Å². The molecule has 0 spiro atoms. The highest BCUT2D eigenvalue weighted by Crippen LogP contribution is 2.33. The first-order chi connectivity index (χ1) is 14.5. The standard InChI is InChI=1S/C19H22F3N3O5S/c1-4-12(26)7-8-30-17-15(31(28,29)23-2)10-25(3)16(17)19(27)24-11-5-6-14(20)13(9-11)18(21)22/h5-6,9-10,12,18,26H,2,4,7-8H2,1,3H3,(H,24,27). The summed E-state index contributed by atoms with van der Waals surface area (Å²) in [5.74, 6) is -2.34. The minimum Gasteiger partial charge on any atom is -0.490 e. The van der Waals surface area contributed by atoms with E-state index in [9.17, 15) is 31.5 Å². The first-order valence-corrected chi connectivity index (χ1v) is 10.6. The van der Waals surface area contributed by atoms with Gasteiger partial charge in [-0.05, 0) is 24.6 Å². The molecule has 170 valence electrons. The van der Waals surface area contributed by atoms with Crippen molar-refractivity contribution in [2.45, 2.75) is 37.2 Å². The van der Waals surface area contributed by atoms with Crippen LogP contribution in [0.4, 0.5) is 18.9 Å². The fraction of sp³-hybridized carbons (Fsp3) is 0.368. The fourth-order valence-electron chi connectivity index (χ4n) is 2.71. The molecule has 1 amide bonds. The van der Waals surface area contributed by atoms with Gasteiger partial charge >= 0.3 is 0 Å². The largest absolute Gasteiger partial charge is 0.490 e. The van der Waals surface area contributed by atoms with Gasteiger partial charge in [0, 0.05) is 32.1 Å². The predicted molar refractivity (Wildman–Crippen MR) is 108 cm³/mol. The maximum absolute atomic E-state index is 13.5. The van der Waals surface area contributed by atoms with Crippen molar-refractivity contribution in [1.82, 2.24) is 4.57 Å². The third-order valence-electron chi connectivity index (χ3n) is 4.42. The predicted octanol–water partition coefficient (Wildman–Crippen LogP) is 3.28. The van der Waals surface area contributed by atoms with Crippen molar-refractivity contribution >= 4 is 28.3 Å². The van der Waals surface area contributed by atoms with Gasteiger partial charge in [0.1, 0.15) is 10.7 Å². The Balaban J connectivity index is 2.43. The van der Waals surface area contributed by atoms with E-state index in [2.05, 4.69) is 16.4 Å². The van der Waals surface area contributed by atoms with Gasteiger partial charge in [-0.2, -0.15) is 12.8 Å². The zero-order chi connectivity index (χ0) is 23.3. The van der Waals surface area contributed by atoms with Gasteiger partial charge in [0.2, 0.25) is 0 Å². The average molecular weight is 461 g/mol. The Morgan fingerprint density at radius 3 is 2.65 bits per heavy atom. The Labute approximate surface area is 177 Å². The van der Waals surface area contributed by atoms with Crippen LogP contribution in [0.25, 0.3) is 0 Å². The highest BCUT2D eigenvalue weighted by Gasteiger charge is 2.29. The van der Waals surface area contributed by atoms with Crippen molar-refractivity contribution in [3.05, 3.63) is 41.5 Å². The number of aryl methyl sites for hydroxylation is 1. The molecule has 0 radical (unpaired) electrons. The Bertz CT molecular complexity index is 1070. The number of benzene rings is 1. The third kappa shape index (κ3) is 5.64. The molecule has 0 saturated carbocycles. The first kappa shape index (κ1) is 24.4. The number of aliphatic hydroxyl groups excluding tert-OH is 1. The Kier molecular flexibility index (Phi) is 7.85. The molecule has 12 heteroatoms. The van der Waals surface area contributed by atoms with E-state index in [-0.39, 0.29) is 30.2 Å². The van der Waals surface area contributed by atoms with Crippen LogP contribution in [0.2, 0.25) is 0 Å². The lowest BCUT2D eigenvalue weighted by Crippen LogP contribution is -2.18. The maximum Gasteiger partial charge on any atom is 0.286 e.